The average molecular weight is 405 g/mol. The summed E-state index contributed by atoms with van der Waals surface area (Å²) < 4.78 is 7.43. The maximum atomic E-state index is 13.2. The predicted octanol–water partition coefficient (Wildman–Crippen LogP) is 5.38. The number of halogens is 1. The van der Waals surface area contributed by atoms with E-state index in [0.29, 0.717) is 26.2 Å². The second-order valence-electron chi connectivity index (χ2n) is 7.22. The molecule has 154 valence electrons. The molecule has 28 heavy (non-hydrogen) atoms. The van der Waals surface area contributed by atoms with E-state index in [1.54, 1.807) is 7.11 Å². The summed E-state index contributed by atoms with van der Waals surface area (Å²) in [5, 5.41) is 0.764. The minimum atomic E-state index is 0.0868. The van der Waals surface area contributed by atoms with Gasteiger partial charge in [-0.15, -0.1) is 0 Å². The van der Waals surface area contributed by atoms with Crippen LogP contribution < -0.4 is 0 Å². The van der Waals surface area contributed by atoms with Crippen molar-refractivity contribution in [3.05, 3.63) is 58.9 Å². The third-order valence-electron chi connectivity index (χ3n) is 5.20. The second kappa shape index (κ2) is 11.9. The lowest BCUT2D eigenvalue weighted by Crippen LogP contribution is -2.38. The number of hydrogen-bond acceptors (Lipinski definition) is 2. The summed E-state index contributed by atoms with van der Waals surface area (Å²) in [4.78, 5) is 15.1. The molecule has 1 aromatic heterocycles. The van der Waals surface area contributed by atoms with Gasteiger partial charge in [0.15, 0.2) is 0 Å². The van der Waals surface area contributed by atoms with Crippen molar-refractivity contribution in [3.8, 4) is 0 Å². The van der Waals surface area contributed by atoms with Gasteiger partial charge in [0, 0.05) is 43.0 Å². The maximum absolute atomic E-state index is 13.2. The molecule has 4 nitrogen and oxygen atoms in total. The van der Waals surface area contributed by atoms with Crippen LogP contribution in [0.15, 0.2) is 42.6 Å². The van der Waals surface area contributed by atoms with Crippen LogP contribution in [-0.2, 0) is 22.6 Å². The molecule has 0 saturated heterocycles. The first-order chi connectivity index (χ1) is 13.6. The molecule has 0 radical (unpaired) electrons. The molecule has 1 atom stereocenters. The minimum absolute atomic E-state index is 0.0868. The lowest BCUT2D eigenvalue weighted by Gasteiger charge is -2.27. The second-order valence-corrected chi connectivity index (χ2v) is 7.63. The zero-order chi connectivity index (χ0) is 20.4. The van der Waals surface area contributed by atoms with Gasteiger partial charge >= 0.3 is 0 Å². The Labute approximate surface area is 174 Å². The largest absolute Gasteiger partial charge is 0.383 e. The number of methoxy groups -OCH3 is 1. The van der Waals surface area contributed by atoms with Crippen molar-refractivity contribution in [3.63, 3.8) is 0 Å². The van der Waals surface area contributed by atoms with Crippen LogP contribution >= 0.6 is 11.6 Å². The summed E-state index contributed by atoms with van der Waals surface area (Å²) in [6.45, 7) is 6.70. The summed E-state index contributed by atoms with van der Waals surface area (Å²) in [6.07, 6.45) is 6.08. The van der Waals surface area contributed by atoms with Crippen molar-refractivity contribution in [2.75, 3.05) is 20.3 Å². The molecule has 0 aliphatic heterocycles. The average Bonchev–Trinajstić information content (AvgIpc) is 3.14. The van der Waals surface area contributed by atoms with Gasteiger partial charge in [0.1, 0.15) is 0 Å². The quantitative estimate of drug-likeness (QED) is 0.475. The monoisotopic (exact) mass is 404 g/mol. The highest BCUT2D eigenvalue weighted by atomic mass is 35.5. The third kappa shape index (κ3) is 6.39. The molecule has 2 rings (SSSR count). The highest BCUT2D eigenvalue weighted by molar-refractivity contribution is 6.31. The molecule has 0 N–H and O–H groups in total. The molecule has 0 aliphatic rings. The molecule has 2 aromatic rings. The van der Waals surface area contributed by atoms with Crippen molar-refractivity contribution in [1.29, 1.82) is 0 Å². The van der Waals surface area contributed by atoms with E-state index >= 15 is 0 Å². The molecule has 0 spiro atoms. The Bertz CT molecular complexity index is 729. The fraction of sp³-hybridized carbons (Fsp3) is 0.522. The Morgan fingerprint density at radius 2 is 2.00 bits per heavy atom. The zero-order valence-corrected chi connectivity index (χ0v) is 18.1. The lowest BCUT2D eigenvalue weighted by atomic mass is 9.97. The Morgan fingerprint density at radius 1 is 1.21 bits per heavy atom. The van der Waals surface area contributed by atoms with Crippen molar-refractivity contribution in [1.82, 2.24) is 9.47 Å². The zero-order valence-electron chi connectivity index (χ0n) is 17.4. The van der Waals surface area contributed by atoms with Crippen LogP contribution in [0.3, 0.4) is 0 Å². The van der Waals surface area contributed by atoms with E-state index in [4.69, 9.17) is 16.3 Å². The number of benzene rings is 1. The smallest absolute Gasteiger partial charge is 0.226 e. The normalized spacial score (nSPS) is 12.1. The number of nitrogens with zero attached hydrogens (tertiary/aromatic N) is 2. The van der Waals surface area contributed by atoms with Crippen molar-refractivity contribution in [2.24, 2.45) is 5.92 Å². The first kappa shape index (κ1) is 22.5. The van der Waals surface area contributed by atoms with Gasteiger partial charge in [0.05, 0.1) is 13.2 Å². The lowest BCUT2D eigenvalue weighted by molar-refractivity contribution is -0.137. The Kier molecular flexibility index (Phi) is 9.59. The standard InChI is InChI=1S/C23H33ClN2O2/c1-4-6-10-19(5-2)23(27)26(15-16-28-3)18-21-12-9-14-25(21)17-20-11-7-8-13-22(20)24/h7-9,11-14,19H,4-6,10,15-18H2,1-3H3/t19-/m1/s1. The topological polar surface area (TPSA) is 34.5 Å². The van der Waals surface area contributed by atoms with Gasteiger partial charge in [-0.2, -0.15) is 0 Å². The molecule has 1 amide bonds. The van der Waals surface area contributed by atoms with Crippen molar-refractivity contribution < 1.29 is 9.53 Å². The molecule has 0 unspecified atom stereocenters. The first-order valence-corrected chi connectivity index (χ1v) is 10.6. The third-order valence-corrected chi connectivity index (χ3v) is 5.57. The van der Waals surface area contributed by atoms with Crippen molar-refractivity contribution in [2.45, 2.75) is 52.6 Å². The number of rotatable bonds is 12. The number of carbonyl (C=O) groups excluding carboxylic acids is 1. The van der Waals surface area contributed by atoms with E-state index in [0.717, 1.165) is 42.0 Å². The highest BCUT2D eigenvalue weighted by Crippen LogP contribution is 2.20. The van der Waals surface area contributed by atoms with E-state index < -0.39 is 0 Å². The van der Waals surface area contributed by atoms with Crippen LogP contribution in [0.5, 0.6) is 0 Å². The molecular formula is C23H33ClN2O2. The first-order valence-electron chi connectivity index (χ1n) is 10.3. The van der Waals surface area contributed by atoms with Gasteiger partial charge in [-0.1, -0.05) is 56.5 Å². The van der Waals surface area contributed by atoms with E-state index in [1.807, 2.05) is 41.4 Å². The molecule has 0 bridgehead atoms. The Balaban J connectivity index is 2.15. The maximum Gasteiger partial charge on any atom is 0.226 e. The highest BCUT2D eigenvalue weighted by Gasteiger charge is 2.23. The van der Waals surface area contributed by atoms with Crippen LogP contribution in [0, 0.1) is 5.92 Å². The number of aromatic nitrogens is 1. The summed E-state index contributed by atoms with van der Waals surface area (Å²) in [6, 6.07) is 12.0. The number of carbonyl (C=O) groups is 1. The fourth-order valence-electron chi connectivity index (χ4n) is 3.43. The van der Waals surface area contributed by atoms with E-state index in [-0.39, 0.29) is 11.8 Å². The van der Waals surface area contributed by atoms with Gasteiger partial charge in [-0.25, -0.2) is 0 Å². The van der Waals surface area contributed by atoms with E-state index in [1.165, 1.54) is 0 Å². The van der Waals surface area contributed by atoms with E-state index in [2.05, 4.69) is 24.5 Å². The minimum Gasteiger partial charge on any atom is -0.383 e. The fourth-order valence-corrected chi connectivity index (χ4v) is 3.63. The molecule has 5 heteroatoms. The van der Waals surface area contributed by atoms with Crippen LogP contribution in [0.1, 0.15) is 50.8 Å². The van der Waals surface area contributed by atoms with Gasteiger partial charge in [-0.05, 0) is 36.6 Å². The molecule has 1 aromatic carbocycles. The summed E-state index contributed by atoms with van der Waals surface area (Å²) >= 11 is 6.33. The van der Waals surface area contributed by atoms with Gasteiger partial charge in [0.25, 0.3) is 0 Å². The Hall–Kier alpha value is -1.78. The molecule has 0 fully saturated rings. The van der Waals surface area contributed by atoms with Crippen LogP contribution in [-0.4, -0.2) is 35.6 Å². The van der Waals surface area contributed by atoms with Crippen molar-refractivity contribution >= 4 is 17.5 Å². The molecule has 0 saturated carbocycles. The van der Waals surface area contributed by atoms with Gasteiger partial charge in [-0.3, -0.25) is 4.79 Å². The van der Waals surface area contributed by atoms with Crippen LogP contribution in [0.2, 0.25) is 5.02 Å². The summed E-state index contributed by atoms with van der Waals surface area (Å²) in [5.41, 5.74) is 2.18. The number of hydrogen-bond donors (Lipinski definition) is 0. The number of ether oxygens (including phenoxy) is 1. The van der Waals surface area contributed by atoms with Crippen LogP contribution in [0.25, 0.3) is 0 Å². The molecular weight excluding hydrogens is 372 g/mol. The molecule has 0 aliphatic carbocycles. The summed E-state index contributed by atoms with van der Waals surface area (Å²) in [5.74, 6) is 0.322. The summed E-state index contributed by atoms with van der Waals surface area (Å²) in [7, 11) is 1.68. The number of amides is 1. The SMILES string of the molecule is CCCC[C@@H](CC)C(=O)N(CCOC)Cc1cccn1Cc1ccccc1Cl. The molecule has 1 heterocycles. The van der Waals surface area contributed by atoms with E-state index in [9.17, 15) is 4.79 Å². The predicted molar refractivity (Wildman–Crippen MR) is 116 cm³/mol. The van der Waals surface area contributed by atoms with Gasteiger partial charge < -0.3 is 14.2 Å². The Morgan fingerprint density at radius 3 is 2.68 bits per heavy atom. The van der Waals surface area contributed by atoms with Gasteiger partial charge in [0.2, 0.25) is 5.91 Å². The number of unbranched alkanes of at least 4 members (excludes halogenated alkanes) is 1. The van der Waals surface area contributed by atoms with Crippen LogP contribution in [0.4, 0.5) is 0 Å².